The van der Waals surface area contributed by atoms with E-state index in [1.165, 1.54) is 36.0 Å². The third-order valence-corrected chi connectivity index (χ3v) is 4.55. The van der Waals surface area contributed by atoms with Crippen molar-refractivity contribution in [2.45, 2.75) is 51.9 Å². The lowest BCUT2D eigenvalue weighted by molar-refractivity contribution is -0.115. The van der Waals surface area contributed by atoms with E-state index < -0.39 is 0 Å². The first kappa shape index (κ1) is 15.8. The monoisotopic (exact) mass is 307 g/mol. The third-order valence-electron chi connectivity index (χ3n) is 4.55. The predicted octanol–water partition coefficient (Wildman–Crippen LogP) is 4.70. The Kier molecular flexibility index (Phi) is 5.12. The molecule has 23 heavy (non-hydrogen) atoms. The maximum absolute atomic E-state index is 12.2. The summed E-state index contributed by atoms with van der Waals surface area (Å²) >= 11 is 0. The van der Waals surface area contributed by atoms with Crippen LogP contribution in [0.2, 0.25) is 0 Å². The third kappa shape index (κ3) is 4.22. The molecule has 3 rings (SSSR count). The minimum Gasteiger partial charge on any atom is -0.326 e. The molecular weight excluding hydrogens is 282 g/mol. The Morgan fingerprint density at radius 3 is 2.39 bits per heavy atom. The van der Waals surface area contributed by atoms with Gasteiger partial charge in [-0.3, -0.25) is 4.79 Å². The molecule has 1 amide bonds. The number of amides is 1. The molecule has 2 heteroatoms. The van der Waals surface area contributed by atoms with Gasteiger partial charge in [-0.25, -0.2) is 0 Å². The van der Waals surface area contributed by atoms with E-state index in [1.807, 2.05) is 12.1 Å². The van der Waals surface area contributed by atoms with E-state index in [0.717, 1.165) is 30.5 Å². The number of carbonyl (C=O) groups is 1. The van der Waals surface area contributed by atoms with E-state index in [-0.39, 0.29) is 5.91 Å². The molecule has 0 fully saturated rings. The summed E-state index contributed by atoms with van der Waals surface area (Å²) in [4.78, 5) is 12.2. The lowest BCUT2D eigenvalue weighted by Crippen LogP contribution is -2.15. The Morgan fingerprint density at radius 1 is 0.957 bits per heavy atom. The fourth-order valence-corrected chi connectivity index (χ4v) is 3.33. The number of nitrogens with one attached hydrogen (secondary N) is 1. The molecule has 0 saturated heterocycles. The summed E-state index contributed by atoms with van der Waals surface area (Å²) in [5.74, 6) is 0.0593. The molecule has 0 heterocycles. The molecule has 1 aliphatic rings. The van der Waals surface area contributed by atoms with Crippen molar-refractivity contribution in [1.82, 2.24) is 0 Å². The van der Waals surface area contributed by atoms with Crippen LogP contribution in [-0.2, 0) is 30.5 Å². The number of anilines is 1. The second-order valence-corrected chi connectivity index (χ2v) is 6.48. The van der Waals surface area contributed by atoms with Gasteiger partial charge in [-0.1, -0.05) is 43.7 Å². The van der Waals surface area contributed by atoms with Gasteiger partial charge in [0, 0.05) is 5.69 Å². The van der Waals surface area contributed by atoms with Gasteiger partial charge in [0.2, 0.25) is 5.91 Å². The Labute approximate surface area is 138 Å². The van der Waals surface area contributed by atoms with E-state index >= 15 is 0 Å². The highest BCUT2D eigenvalue weighted by Crippen LogP contribution is 2.22. The Balaban J connectivity index is 1.60. The van der Waals surface area contributed by atoms with E-state index in [2.05, 4.69) is 42.6 Å². The first-order valence-electron chi connectivity index (χ1n) is 8.74. The van der Waals surface area contributed by atoms with Crippen molar-refractivity contribution < 1.29 is 4.79 Å². The molecule has 2 aromatic rings. The minimum atomic E-state index is 0.0593. The number of aryl methyl sites for hydroxylation is 3. The van der Waals surface area contributed by atoms with Gasteiger partial charge in [-0.15, -0.1) is 0 Å². The lowest BCUT2D eigenvalue weighted by Gasteiger charge is -2.16. The standard InChI is InChI=1S/C21H25NO/c1-2-5-16-9-12-20(13-10-16)22-21(23)15-17-8-11-18-6-3-4-7-19(18)14-17/h8-14H,2-7,15H2,1H3,(H,22,23). The average molecular weight is 307 g/mol. The number of benzene rings is 2. The van der Waals surface area contributed by atoms with Gasteiger partial charge < -0.3 is 5.32 Å². The molecule has 0 bridgehead atoms. The quantitative estimate of drug-likeness (QED) is 0.852. The van der Waals surface area contributed by atoms with Gasteiger partial charge in [0.15, 0.2) is 0 Å². The molecule has 0 unspecified atom stereocenters. The van der Waals surface area contributed by atoms with E-state index in [4.69, 9.17) is 0 Å². The first-order chi connectivity index (χ1) is 11.2. The summed E-state index contributed by atoms with van der Waals surface area (Å²) < 4.78 is 0. The van der Waals surface area contributed by atoms with Gasteiger partial charge >= 0.3 is 0 Å². The second kappa shape index (κ2) is 7.45. The molecule has 0 radical (unpaired) electrons. The van der Waals surface area contributed by atoms with Crippen LogP contribution in [0.4, 0.5) is 5.69 Å². The van der Waals surface area contributed by atoms with Crippen molar-refractivity contribution >= 4 is 11.6 Å². The maximum Gasteiger partial charge on any atom is 0.228 e. The van der Waals surface area contributed by atoms with Gasteiger partial charge in [-0.05, 0) is 66.5 Å². The van der Waals surface area contributed by atoms with Crippen molar-refractivity contribution in [3.05, 3.63) is 64.7 Å². The summed E-state index contributed by atoms with van der Waals surface area (Å²) in [7, 11) is 0. The van der Waals surface area contributed by atoms with Gasteiger partial charge in [0.1, 0.15) is 0 Å². The van der Waals surface area contributed by atoms with E-state index in [0.29, 0.717) is 6.42 Å². The van der Waals surface area contributed by atoms with Crippen LogP contribution in [0, 0.1) is 0 Å². The molecule has 0 atom stereocenters. The zero-order valence-electron chi connectivity index (χ0n) is 13.9. The number of fused-ring (bicyclic) bond motifs is 1. The lowest BCUT2D eigenvalue weighted by atomic mass is 9.90. The van der Waals surface area contributed by atoms with Crippen LogP contribution in [0.5, 0.6) is 0 Å². The summed E-state index contributed by atoms with van der Waals surface area (Å²) in [5, 5.41) is 3.00. The summed E-state index contributed by atoms with van der Waals surface area (Å²) in [6.07, 6.45) is 7.58. The molecule has 0 aliphatic heterocycles. The molecular formula is C21H25NO. The highest BCUT2D eigenvalue weighted by Gasteiger charge is 2.11. The highest BCUT2D eigenvalue weighted by molar-refractivity contribution is 5.92. The Hall–Kier alpha value is -2.09. The van der Waals surface area contributed by atoms with Crippen LogP contribution in [-0.4, -0.2) is 5.91 Å². The molecule has 1 aliphatic carbocycles. The van der Waals surface area contributed by atoms with Crippen LogP contribution < -0.4 is 5.32 Å². The molecule has 2 nitrogen and oxygen atoms in total. The van der Waals surface area contributed by atoms with Crippen LogP contribution in [0.15, 0.2) is 42.5 Å². The van der Waals surface area contributed by atoms with Crippen LogP contribution in [0.1, 0.15) is 48.4 Å². The SMILES string of the molecule is CCCc1ccc(NC(=O)Cc2ccc3c(c2)CCCC3)cc1. The average Bonchev–Trinajstić information content (AvgIpc) is 2.57. The fraction of sp³-hybridized carbons (Fsp3) is 0.381. The van der Waals surface area contributed by atoms with Crippen LogP contribution in [0.25, 0.3) is 0 Å². The number of hydrogen-bond acceptors (Lipinski definition) is 1. The zero-order chi connectivity index (χ0) is 16.1. The van der Waals surface area contributed by atoms with E-state index in [9.17, 15) is 4.79 Å². The fourth-order valence-electron chi connectivity index (χ4n) is 3.33. The van der Waals surface area contributed by atoms with Crippen molar-refractivity contribution in [1.29, 1.82) is 0 Å². The van der Waals surface area contributed by atoms with Crippen molar-refractivity contribution in [3.8, 4) is 0 Å². The van der Waals surface area contributed by atoms with Crippen LogP contribution >= 0.6 is 0 Å². The summed E-state index contributed by atoms with van der Waals surface area (Å²) in [5.41, 5.74) is 6.22. The molecule has 2 aromatic carbocycles. The number of hydrogen-bond donors (Lipinski definition) is 1. The summed E-state index contributed by atoms with van der Waals surface area (Å²) in [6.45, 7) is 2.17. The van der Waals surface area contributed by atoms with Gasteiger partial charge in [-0.2, -0.15) is 0 Å². The first-order valence-corrected chi connectivity index (χ1v) is 8.74. The normalized spacial score (nSPS) is 13.4. The van der Waals surface area contributed by atoms with Crippen molar-refractivity contribution in [2.24, 2.45) is 0 Å². The molecule has 0 saturated carbocycles. The van der Waals surface area contributed by atoms with Gasteiger partial charge in [0.25, 0.3) is 0 Å². The van der Waals surface area contributed by atoms with E-state index in [1.54, 1.807) is 0 Å². The second-order valence-electron chi connectivity index (χ2n) is 6.48. The smallest absolute Gasteiger partial charge is 0.228 e. The van der Waals surface area contributed by atoms with Crippen molar-refractivity contribution in [3.63, 3.8) is 0 Å². The topological polar surface area (TPSA) is 29.1 Å². The molecule has 0 aromatic heterocycles. The Bertz CT molecular complexity index is 673. The maximum atomic E-state index is 12.2. The molecule has 0 spiro atoms. The Morgan fingerprint density at radius 2 is 1.65 bits per heavy atom. The highest BCUT2D eigenvalue weighted by atomic mass is 16.1. The van der Waals surface area contributed by atoms with Crippen molar-refractivity contribution in [2.75, 3.05) is 5.32 Å². The largest absolute Gasteiger partial charge is 0.326 e. The minimum absolute atomic E-state index is 0.0593. The van der Waals surface area contributed by atoms with Gasteiger partial charge in [0.05, 0.1) is 6.42 Å². The molecule has 1 N–H and O–H groups in total. The number of rotatable bonds is 5. The van der Waals surface area contributed by atoms with Crippen LogP contribution in [0.3, 0.4) is 0 Å². The predicted molar refractivity (Wildman–Crippen MR) is 95.9 cm³/mol. The molecule has 120 valence electrons. The zero-order valence-corrected chi connectivity index (χ0v) is 13.9. The summed E-state index contributed by atoms with van der Waals surface area (Å²) in [6, 6.07) is 14.7. The number of carbonyl (C=O) groups excluding carboxylic acids is 1.